The SMILES string of the molecule is CC1(C)C(C(=O)c2ccc3c(c2)COC3)C1(C)C. The zero-order valence-corrected chi connectivity index (χ0v) is 11.5. The minimum absolute atomic E-state index is 0.111. The van der Waals surface area contributed by atoms with E-state index in [-0.39, 0.29) is 16.7 Å². The number of carbonyl (C=O) groups excluding carboxylic acids is 1. The first-order valence-corrected chi connectivity index (χ1v) is 6.59. The lowest BCUT2D eigenvalue weighted by Crippen LogP contribution is -2.08. The number of ether oxygens (including phenoxy) is 1. The molecule has 0 atom stereocenters. The highest BCUT2D eigenvalue weighted by Crippen LogP contribution is 2.69. The summed E-state index contributed by atoms with van der Waals surface area (Å²) in [6.45, 7) is 10.1. The molecule has 0 aromatic heterocycles. The zero-order valence-electron chi connectivity index (χ0n) is 11.5. The second kappa shape index (κ2) is 3.45. The van der Waals surface area contributed by atoms with E-state index in [9.17, 15) is 4.79 Å². The number of Topliss-reactive ketones (excluding diaryl/α,β-unsaturated/α-hetero) is 1. The van der Waals surface area contributed by atoms with Crippen molar-refractivity contribution in [3.05, 3.63) is 34.9 Å². The fourth-order valence-electron chi connectivity index (χ4n) is 3.34. The Kier molecular flexibility index (Phi) is 2.28. The molecule has 0 saturated heterocycles. The Balaban J connectivity index is 1.91. The van der Waals surface area contributed by atoms with E-state index in [0.717, 1.165) is 5.56 Å². The number of hydrogen-bond acceptors (Lipinski definition) is 2. The lowest BCUT2D eigenvalue weighted by atomic mass is 9.98. The van der Waals surface area contributed by atoms with E-state index >= 15 is 0 Å². The van der Waals surface area contributed by atoms with Gasteiger partial charge in [0.2, 0.25) is 0 Å². The highest BCUT2D eigenvalue weighted by Gasteiger charge is 2.67. The molecule has 1 fully saturated rings. The maximum Gasteiger partial charge on any atom is 0.167 e. The Bertz CT molecular complexity index is 512. The van der Waals surface area contributed by atoms with Crippen LogP contribution in [-0.4, -0.2) is 5.78 Å². The molecule has 1 aliphatic carbocycles. The summed E-state index contributed by atoms with van der Waals surface area (Å²) in [7, 11) is 0. The molecule has 1 aliphatic heterocycles. The van der Waals surface area contributed by atoms with E-state index in [1.54, 1.807) is 0 Å². The summed E-state index contributed by atoms with van der Waals surface area (Å²) in [6.07, 6.45) is 0. The highest BCUT2D eigenvalue weighted by atomic mass is 16.5. The topological polar surface area (TPSA) is 26.3 Å². The quantitative estimate of drug-likeness (QED) is 0.743. The maximum absolute atomic E-state index is 12.6. The molecular formula is C16H20O2. The van der Waals surface area contributed by atoms with Crippen molar-refractivity contribution in [1.29, 1.82) is 0 Å². The molecule has 3 rings (SSSR count). The molecular weight excluding hydrogens is 224 g/mol. The fourth-order valence-corrected chi connectivity index (χ4v) is 3.34. The molecule has 1 aromatic carbocycles. The maximum atomic E-state index is 12.6. The van der Waals surface area contributed by atoms with Gasteiger partial charge in [0.15, 0.2) is 5.78 Å². The molecule has 2 heteroatoms. The van der Waals surface area contributed by atoms with Gasteiger partial charge >= 0.3 is 0 Å². The molecule has 0 radical (unpaired) electrons. The molecule has 0 unspecified atom stereocenters. The summed E-state index contributed by atoms with van der Waals surface area (Å²) in [5, 5.41) is 0. The van der Waals surface area contributed by atoms with Gasteiger partial charge in [0.25, 0.3) is 0 Å². The van der Waals surface area contributed by atoms with Gasteiger partial charge < -0.3 is 4.74 Å². The third kappa shape index (κ3) is 1.42. The Labute approximate surface area is 108 Å². The average molecular weight is 244 g/mol. The average Bonchev–Trinajstić information content (AvgIpc) is 2.69. The van der Waals surface area contributed by atoms with Crippen LogP contribution >= 0.6 is 0 Å². The van der Waals surface area contributed by atoms with Crippen LogP contribution in [0.1, 0.15) is 49.2 Å². The van der Waals surface area contributed by atoms with Crippen LogP contribution in [0.15, 0.2) is 18.2 Å². The molecule has 2 aliphatic rings. The molecule has 0 spiro atoms. The third-order valence-electron chi connectivity index (χ3n) is 5.29. The number of benzene rings is 1. The first-order valence-electron chi connectivity index (χ1n) is 6.59. The van der Waals surface area contributed by atoms with Gasteiger partial charge in [-0.2, -0.15) is 0 Å². The third-order valence-corrected chi connectivity index (χ3v) is 5.29. The predicted molar refractivity (Wildman–Crippen MR) is 70.3 cm³/mol. The van der Waals surface area contributed by atoms with Gasteiger partial charge in [-0.25, -0.2) is 0 Å². The molecule has 1 aromatic rings. The highest BCUT2D eigenvalue weighted by molar-refractivity contribution is 6.01. The van der Waals surface area contributed by atoms with Crippen LogP contribution in [0.4, 0.5) is 0 Å². The standard InChI is InChI=1S/C16H20O2/c1-15(2)14(16(15,3)4)13(17)10-5-6-11-8-18-9-12(11)7-10/h5-7,14H,8-9H2,1-4H3. The van der Waals surface area contributed by atoms with Crippen molar-refractivity contribution in [3.8, 4) is 0 Å². The first kappa shape index (κ1) is 11.9. The minimum atomic E-state index is 0.111. The van der Waals surface area contributed by atoms with Crippen LogP contribution in [0.3, 0.4) is 0 Å². The van der Waals surface area contributed by atoms with Crippen LogP contribution in [0.5, 0.6) is 0 Å². The molecule has 2 nitrogen and oxygen atoms in total. The summed E-state index contributed by atoms with van der Waals surface area (Å²) in [4.78, 5) is 12.6. The lowest BCUT2D eigenvalue weighted by molar-refractivity contribution is 0.0945. The van der Waals surface area contributed by atoms with E-state index in [2.05, 4.69) is 27.7 Å². The molecule has 1 heterocycles. The zero-order chi connectivity index (χ0) is 13.1. The summed E-state index contributed by atoms with van der Waals surface area (Å²) in [6, 6.07) is 6.02. The van der Waals surface area contributed by atoms with Gasteiger partial charge in [-0.15, -0.1) is 0 Å². The monoisotopic (exact) mass is 244 g/mol. The van der Waals surface area contributed by atoms with Gasteiger partial charge in [0.1, 0.15) is 0 Å². The smallest absolute Gasteiger partial charge is 0.167 e. The second-order valence-corrected chi connectivity index (χ2v) is 6.72. The largest absolute Gasteiger partial charge is 0.372 e. The van der Waals surface area contributed by atoms with Gasteiger partial charge in [-0.3, -0.25) is 4.79 Å². The van der Waals surface area contributed by atoms with Crippen molar-refractivity contribution in [2.45, 2.75) is 40.9 Å². The molecule has 0 bridgehead atoms. The Morgan fingerprint density at radius 1 is 1.11 bits per heavy atom. The first-order chi connectivity index (χ1) is 8.35. The molecule has 0 N–H and O–H groups in total. The van der Waals surface area contributed by atoms with Crippen LogP contribution in [0, 0.1) is 16.7 Å². The summed E-state index contributed by atoms with van der Waals surface area (Å²) in [5.74, 6) is 0.435. The van der Waals surface area contributed by atoms with Crippen molar-refractivity contribution in [1.82, 2.24) is 0 Å². The second-order valence-electron chi connectivity index (χ2n) is 6.72. The summed E-state index contributed by atoms with van der Waals surface area (Å²) >= 11 is 0. The molecule has 0 amide bonds. The van der Waals surface area contributed by atoms with Crippen LogP contribution in [0.25, 0.3) is 0 Å². The van der Waals surface area contributed by atoms with E-state index in [1.165, 1.54) is 11.1 Å². The number of rotatable bonds is 2. The number of ketones is 1. The van der Waals surface area contributed by atoms with Gasteiger partial charge in [-0.1, -0.05) is 39.8 Å². The van der Waals surface area contributed by atoms with Crippen LogP contribution < -0.4 is 0 Å². The van der Waals surface area contributed by atoms with Gasteiger partial charge in [0.05, 0.1) is 13.2 Å². The van der Waals surface area contributed by atoms with E-state index in [4.69, 9.17) is 4.74 Å². The minimum Gasteiger partial charge on any atom is -0.372 e. The van der Waals surface area contributed by atoms with E-state index in [0.29, 0.717) is 19.0 Å². The summed E-state index contributed by atoms with van der Waals surface area (Å²) in [5.41, 5.74) is 3.47. The van der Waals surface area contributed by atoms with Crippen LogP contribution in [0.2, 0.25) is 0 Å². The predicted octanol–water partition coefficient (Wildman–Crippen LogP) is 3.58. The van der Waals surface area contributed by atoms with Gasteiger partial charge in [-0.05, 0) is 28.0 Å². The molecule has 18 heavy (non-hydrogen) atoms. The Hall–Kier alpha value is -1.15. The summed E-state index contributed by atoms with van der Waals surface area (Å²) < 4.78 is 5.40. The Morgan fingerprint density at radius 2 is 1.72 bits per heavy atom. The van der Waals surface area contributed by atoms with Gasteiger partial charge in [0, 0.05) is 11.5 Å². The molecule has 1 saturated carbocycles. The van der Waals surface area contributed by atoms with Crippen LogP contribution in [-0.2, 0) is 18.0 Å². The number of hydrogen-bond donors (Lipinski definition) is 0. The number of carbonyl (C=O) groups is 1. The Morgan fingerprint density at radius 3 is 2.33 bits per heavy atom. The lowest BCUT2D eigenvalue weighted by Gasteiger charge is -2.04. The van der Waals surface area contributed by atoms with Crippen molar-refractivity contribution >= 4 is 5.78 Å². The van der Waals surface area contributed by atoms with E-state index in [1.807, 2.05) is 18.2 Å². The molecule has 96 valence electrons. The van der Waals surface area contributed by atoms with Crippen molar-refractivity contribution in [2.75, 3.05) is 0 Å². The van der Waals surface area contributed by atoms with E-state index < -0.39 is 0 Å². The van der Waals surface area contributed by atoms with Crippen molar-refractivity contribution in [3.63, 3.8) is 0 Å². The fraction of sp³-hybridized carbons (Fsp3) is 0.562. The normalized spacial score (nSPS) is 23.8. The van der Waals surface area contributed by atoms with Crippen molar-refractivity contribution in [2.24, 2.45) is 16.7 Å². The number of fused-ring (bicyclic) bond motifs is 1. The van der Waals surface area contributed by atoms with Crippen molar-refractivity contribution < 1.29 is 9.53 Å².